The van der Waals surface area contributed by atoms with E-state index in [9.17, 15) is 9.90 Å². The Hall–Kier alpha value is -2.11. The van der Waals surface area contributed by atoms with Gasteiger partial charge in [-0.15, -0.1) is 0 Å². The molecule has 0 unspecified atom stereocenters. The molecule has 2 saturated heterocycles. The zero-order valence-corrected chi connectivity index (χ0v) is 16.8. The lowest BCUT2D eigenvalue weighted by atomic mass is 10.0. The Balaban J connectivity index is 1.34. The van der Waals surface area contributed by atoms with Crippen molar-refractivity contribution in [3.63, 3.8) is 0 Å². The van der Waals surface area contributed by atoms with Crippen LogP contribution in [0.4, 0.5) is 0 Å². The molecule has 0 bridgehead atoms. The highest BCUT2D eigenvalue weighted by molar-refractivity contribution is 5.87. The summed E-state index contributed by atoms with van der Waals surface area (Å²) in [6, 6.07) is 12.4. The summed E-state index contributed by atoms with van der Waals surface area (Å²) < 4.78 is 0. The van der Waals surface area contributed by atoms with Gasteiger partial charge in [0.2, 0.25) is 5.91 Å². The van der Waals surface area contributed by atoms with E-state index < -0.39 is 0 Å². The van der Waals surface area contributed by atoms with Crippen molar-refractivity contribution in [2.45, 2.75) is 38.8 Å². The van der Waals surface area contributed by atoms with Crippen LogP contribution in [0.3, 0.4) is 0 Å². The molecule has 1 N–H and O–H groups in total. The molecule has 5 heteroatoms. The molecule has 2 aromatic carbocycles. The number of carbonyl (C=O) groups is 1. The number of aromatic hydroxyl groups is 1. The number of piperazine rings is 1. The van der Waals surface area contributed by atoms with Crippen LogP contribution < -0.4 is 0 Å². The Morgan fingerprint density at radius 2 is 1.75 bits per heavy atom. The number of phenolic OH excluding ortho intramolecular Hbond substituents is 1. The molecule has 1 amide bonds. The van der Waals surface area contributed by atoms with Gasteiger partial charge in [-0.05, 0) is 43.0 Å². The van der Waals surface area contributed by atoms with Crippen molar-refractivity contribution in [2.24, 2.45) is 0 Å². The van der Waals surface area contributed by atoms with Crippen LogP contribution in [0.15, 0.2) is 36.4 Å². The second-order valence-electron chi connectivity index (χ2n) is 8.27. The van der Waals surface area contributed by atoms with Gasteiger partial charge in [-0.1, -0.05) is 30.3 Å². The van der Waals surface area contributed by atoms with Crippen molar-refractivity contribution in [2.75, 3.05) is 39.3 Å². The first-order valence-electron chi connectivity index (χ1n) is 10.6. The fraction of sp³-hybridized carbons (Fsp3) is 0.522. The topological polar surface area (TPSA) is 47.0 Å². The first kappa shape index (κ1) is 19.2. The average molecular weight is 382 g/mol. The molecular weight excluding hydrogens is 350 g/mol. The van der Waals surface area contributed by atoms with Crippen LogP contribution in [0.25, 0.3) is 10.8 Å². The summed E-state index contributed by atoms with van der Waals surface area (Å²) in [7, 11) is 0. The summed E-state index contributed by atoms with van der Waals surface area (Å²) in [5.41, 5.74) is 1.00. The summed E-state index contributed by atoms with van der Waals surface area (Å²) in [5.74, 6) is 0.655. The van der Waals surface area contributed by atoms with Crippen molar-refractivity contribution in [1.29, 1.82) is 0 Å². The van der Waals surface area contributed by atoms with E-state index in [0.29, 0.717) is 18.3 Å². The maximum absolute atomic E-state index is 12.7. The zero-order chi connectivity index (χ0) is 19.5. The van der Waals surface area contributed by atoms with Gasteiger partial charge in [-0.25, -0.2) is 0 Å². The predicted octanol–water partition coefficient (Wildman–Crippen LogP) is 3.06. The third-order valence-electron chi connectivity index (χ3n) is 6.34. The molecule has 28 heavy (non-hydrogen) atoms. The van der Waals surface area contributed by atoms with Gasteiger partial charge in [0.25, 0.3) is 0 Å². The second-order valence-corrected chi connectivity index (χ2v) is 8.27. The van der Waals surface area contributed by atoms with E-state index in [1.807, 2.05) is 18.2 Å². The SMILES string of the molecule is C[C@@H]1CCCCN1C(=O)CN1CCN(Cc2c(O)ccc3ccccc23)CC1. The molecule has 150 valence electrons. The highest BCUT2D eigenvalue weighted by Crippen LogP contribution is 2.28. The minimum atomic E-state index is 0.285. The predicted molar refractivity (Wildman–Crippen MR) is 112 cm³/mol. The first-order chi connectivity index (χ1) is 13.6. The summed E-state index contributed by atoms with van der Waals surface area (Å²) in [6.45, 7) is 8.03. The highest BCUT2D eigenvalue weighted by Gasteiger charge is 2.26. The van der Waals surface area contributed by atoms with Crippen LogP contribution in [-0.4, -0.2) is 71.0 Å². The minimum absolute atomic E-state index is 0.285. The van der Waals surface area contributed by atoms with Crippen LogP contribution in [0.2, 0.25) is 0 Å². The van der Waals surface area contributed by atoms with Crippen LogP contribution in [0.5, 0.6) is 5.75 Å². The third kappa shape index (κ3) is 4.15. The molecule has 1 atom stereocenters. The van der Waals surface area contributed by atoms with E-state index in [1.165, 1.54) is 6.42 Å². The molecule has 2 aliphatic heterocycles. The Labute approximate surface area is 167 Å². The third-order valence-corrected chi connectivity index (χ3v) is 6.34. The van der Waals surface area contributed by atoms with Crippen LogP contribution >= 0.6 is 0 Å². The Morgan fingerprint density at radius 3 is 2.54 bits per heavy atom. The molecule has 2 heterocycles. The number of hydrogen-bond donors (Lipinski definition) is 1. The van der Waals surface area contributed by atoms with Gasteiger partial charge in [0.15, 0.2) is 0 Å². The van der Waals surface area contributed by atoms with E-state index in [-0.39, 0.29) is 5.91 Å². The van der Waals surface area contributed by atoms with Gasteiger partial charge in [0, 0.05) is 50.9 Å². The molecule has 2 fully saturated rings. The van der Waals surface area contributed by atoms with Crippen molar-refractivity contribution in [1.82, 2.24) is 14.7 Å². The van der Waals surface area contributed by atoms with Gasteiger partial charge in [-0.2, -0.15) is 0 Å². The van der Waals surface area contributed by atoms with Crippen molar-refractivity contribution in [3.8, 4) is 5.75 Å². The summed E-state index contributed by atoms with van der Waals surface area (Å²) in [4.78, 5) is 19.4. The fourth-order valence-corrected chi connectivity index (χ4v) is 4.57. The molecule has 2 aliphatic rings. The normalized spacial score (nSPS) is 21.9. The van der Waals surface area contributed by atoms with Gasteiger partial charge < -0.3 is 10.0 Å². The number of rotatable bonds is 4. The highest BCUT2D eigenvalue weighted by atomic mass is 16.3. The number of hydrogen-bond acceptors (Lipinski definition) is 4. The zero-order valence-electron chi connectivity index (χ0n) is 16.8. The van der Waals surface area contributed by atoms with E-state index in [1.54, 1.807) is 6.07 Å². The number of amides is 1. The number of benzene rings is 2. The molecule has 2 aromatic rings. The molecule has 0 aliphatic carbocycles. The molecule has 0 saturated carbocycles. The fourth-order valence-electron chi connectivity index (χ4n) is 4.57. The largest absolute Gasteiger partial charge is 0.508 e. The van der Waals surface area contributed by atoms with E-state index >= 15 is 0 Å². The van der Waals surface area contributed by atoms with E-state index in [0.717, 1.165) is 68.4 Å². The Morgan fingerprint density at radius 1 is 1.00 bits per heavy atom. The lowest BCUT2D eigenvalue weighted by molar-refractivity contribution is -0.136. The maximum Gasteiger partial charge on any atom is 0.236 e. The van der Waals surface area contributed by atoms with Gasteiger partial charge in [0.1, 0.15) is 5.75 Å². The molecule has 5 nitrogen and oxygen atoms in total. The Bertz CT molecular complexity index is 830. The standard InChI is InChI=1S/C23H31N3O2/c1-18-6-4-5-11-26(18)23(28)17-25-14-12-24(13-15-25)16-21-20-8-3-2-7-19(20)9-10-22(21)27/h2-3,7-10,18,27H,4-6,11-17H2,1H3/t18-/m1/s1. The van der Waals surface area contributed by atoms with Gasteiger partial charge in [0.05, 0.1) is 6.54 Å². The first-order valence-corrected chi connectivity index (χ1v) is 10.6. The monoisotopic (exact) mass is 381 g/mol. The average Bonchev–Trinajstić information content (AvgIpc) is 2.72. The number of likely N-dealkylation sites (tertiary alicyclic amines) is 1. The van der Waals surface area contributed by atoms with Crippen LogP contribution in [0, 0.1) is 0 Å². The summed E-state index contributed by atoms with van der Waals surface area (Å²) in [5, 5.41) is 12.7. The lowest BCUT2D eigenvalue weighted by Crippen LogP contribution is -2.51. The number of fused-ring (bicyclic) bond motifs is 1. The molecule has 0 radical (unpaired) electrons. The van der Waals surface area contributed by atoms with E-state index in [2.05, 4.69) is 33.8 Å². The molecule has 4 rings (SSSR count). The van der Waals surface area contributed by atoms with Crippen molar-refractivity contribution >= 4 is 16.7 Å². The molecular formula is C23H31N3O2. The van der Waals surface area contributed by atoms with Gasteiger partial charge in [-0.3, -0.25) is 14.6 Å². The van der Waals surface area contributed by atoms with Crippen molar-refractivity contribution < 1.29 is 9.90 Å². The molecule has 0 aromatic heterocycles. The van der Waals surface area contributed by atoms with E-state index in [4.69, 9.17) is 0 Å². The summed E-state index contributed by atoms with van der Waals surface area (Å²) >= 11 is 0. The second kappa shape index (κ2) is 8.50. The molecule has 0 spiro atoms. The number of carbonyl (C=O) groups excluding carboxylic acids is 1. The van der Waals surface area contributed by atoms with Crippen LogP contribution in [0.1, 0.15) is 31.7 Å². The van der Waals surface area contributed by atoms with Crippen molar-refractivity contribution in [3.05, 3.63) is 42.0 Å². The lowest BCUT2D eigenvalue weighted by Gasteiger charge is -2.38. The number of phenols is 1. The minimum Gasteiger partial charge on any atom is -0.508 e. The maximum atomic E-state index is 12.7. The van der Waals surface area contributed by atoms with Crippen LogP contribution in [-0.2, 0) is 11.3 Å². The smallest absolute Gasteiger partial charge is 0.236 e. The summed E-state index contributed by atoms with van der Waals surface area (Å²) in [6.07, 6.45) is 3.51. The van der Waals surface area contributed by atoms with Gasteiger partial charge >= 0.3 is 0 Å². The number of nitrogens with zero attached hydrogens (tertiary/aromatic N) is 3. The Kier molecular flexibility index (Phi) is 5.83. The quantitative estimate of drug-likeness (QED) is 0.884. The number of piperidine rings is 1.